The molecular formula is C14H16ClNO. The van der Waals surface area contributed by atoms with Crippen LogP contribution in [-0.4, -0.2) is 10.4 Å². The molecular weight excluding hydrogens is 234 g/mol. The SMILES string of the molecule is CCC(C)C(=O)Cn1ccc2cccc(Cl)c21. The summed E-state index contributed by atoms with van der Waals surface area (Å²) in [6.07, 6.45) is 2.81. The van der Waals surface area contributed by atoms with Crippen molar-refractivity contribution in [2.75, 3.05) is 0 Å². The number of benzene rings is 1. The molecule has 1 unspecified atom stereocenters. The summed E-state index contributed by atoms with van der Waals surface area (Å²) < 4.78 is 1.94. The van der Waals surface area contributed by atoms with Crippen LogP contribution in [0, 0.1) is 5.92 Å². The molecule has 0 spiro atoms. The molecule has 0 aliphatic heterocycles. The van der Waals surface area contributed by atoms with Gasteiger partial charge in [0.15, 0.2) is 5.78 Å². The van der Waals surface area contributed by atoms with Crippen LogP contribution >= 0.6 is 11.6 Å². The maximum Gasteiger partial charge on any atom is 0.155 e. The first kappa shape index (κ1) is 12.2. The molecule has 1 aromatic carbocycles. The van der Waals surface area contributed by atoms with Crippen LogP contribution in [0.4, 0.5) is 0 Å². The van der Waals surface area contributed by atoms with Crippen LogP contribution in [0.1, 0.15) is 20.3 Å². The fourth-order valence-electron chi connectivity index (χ4n) is 1.90. The molecule has 0 aliphatic rings. The number of halogens is 1. The predicted octanol–water partition coefficient (Wildman–Crippen LogP) is 3.91. The van der Waals surface area contributed by atoms with E-state index < -0.39 is 0 Å². The van der Waals surface area contributed by atoms with E-state index in [-0.39, 0.29) is 11.7 Å². The number of Topliss-reactive ketones (excluding diaryl/α,β-unsaturated/α-hetero) is 1. The van der Waals surface area contributed by atoms with E-state index in [9.17, 15) is 4.79 Å². The van der Waals surface area contributed by atoms with Crippen molar-refractivity contribution in [3.63, 3.8) is 0 Å². The fourth-order valence-corrected chi connectivity index (χ4v) is 2.19. The second kappa shape index (κ2) is 4.92. The lowest BCUT2D eigenvalue weighted by Gasteiger charge is -2.10. The highest BCUT2D eigenvalue weighted by Crippen LogP contribution is 2.24. The van der Waals surface area contributed by atoms with Gasteiger partial charge < -0.3 is 4.57 Å². The van der Waals surface area contributed by atoms with Crippen molar-refractivity contribution in [3.05, 3.63) is 35.5 Å². The number of aromatic nitrogens is 1. The molecule has 2 nitrogen and oxygen atoms in total. The molecule has 1 aromatic heterocycles. The van der Waals surface area contributed by atoms with E-state index in [4.69, 9.17) is 11.6 Å². The Morgan fingerprint density at radius 2 is 2.18 bits per heavy atom. The monoisotopic (exact) mass is 249 g/mol. The Bertz CT molecular complexity index is 544. The van der Waals surface area contributed by atoms with E-state index in [0.29, 0.717) is 11.6 Å². The summed E-state index contributed by atoms with van der Waals surface area (Å²) in [5.74, 6) is 0.361. The zero-order valence-corrected chi connectivity index (χ0v) is 10.9. The second-order valence-corrected chi connectivity index (χ2v) is 4.80. The predicted molar refractivity (Wildman–Crippen MR) is 71.4 cm³/mol. The number of para-hydroxylation sites is 1. The third-order valence-electron chi connectivity index (χ3n) is 3.23. The number of nitrogens with zero attached hydrogens (tertiary/aromatic N) is 1. The van der Waals surface area contributed by atoms with Gasteiger partial charge in [0.25, 0.3) is 0 Å². The maximum absolute atomic E-state index is 11.9. The van der Waals surface area contributed by atoms with E-state index in [2.05, 4.69) is 0 Å². The van der Waals surface area contributed by atoms with E-state index in [1.807, 2.05) is 48.9 Å². The molecule has 0 aliphatic carbocycles. The lowest BCUT2D eigenvalue weighted by Crippen LogP contribution is -2.16. The van der Waals surface area contributed by atoms with Gasteiger partial charge in [-0.2, -0.15) is 0 Å². The van der Waals surface area contributed by atoms with Gasteiger partial charge in [-0.05, 0) is 18.6 Å². The fraction of sp³-hybridized carbons (Fsp3) is 0.357. The van der Waals surface area contributed by atoms with Gasteiger partial charge in [-0.3, -0.25) is 4.79 Å². The molecule has 2 aromatic rings. The Morgan fingerprint density at radius 3 is 2.88 bits per heavy atom. The van der Waals surface area contributed by atoms with Gasteiger partial charge in [0, 0.05) is 17.5 Å². The van der Waals surface area contributed by atoms with Crippen molar-refractivity contribution >= 4 is 28.3 Å². The molecule has 1 atom stereocenters. The van der Waals surface area contributed by atoms with Crippen LogP contribution in [0.3, 0.4) is 0 Å². The second-order valence-electron chi connectivity index (χ2n) is 4.40. The van der Waals surface area contributed by atoms with Crippen LogP contribution < -0.4 is 0 Å². The van der Waals surface area contributed by atoms with Gasteiger partial charge in [-0.15, -0.1) is 0 Å². The van der Waals surface area contributed by atoms with E-state index in [1.165, 1.54) is 0 Å². The van der Waals surface area contributed by atoms with Crippen molar-refractivity contribution in [1.29, 1.82) is 0 Å². The summed E-state index contributed by atoms with van der Waals surface area (Å²) >= 11 is 6.17. The molecule has 0 bridgehead atoms. The molecule has 0 N–H and O–H groups in total. The first-order chi connectivity index (χ1) is 8.13. The summed E-state index contributed by atoms with van der Waals surface area (Å²) in [6.45, 7) is 4.40. The van der Waals surface area contributed by atoms with E-state index in [1.54, 1.807) is 0 Å². The average molecular weight is 250 g/mol. The van der Waals surface area contributed by atoms with Gasteiger partial charge >= 0.3 is 0 Å². The van der Waals surface area contributed by atoms with Crippen LogP contribution in [-0.2, 0) is 11.3 Å². The molecule has 0 saturated heterocycles. The quantitative estimate of drug-likeness (QED) is 0.805. The summed E-state index contributed by atoms with van der Waals surface area (Å²) in [4.78, 5) is 11.9. The van der Waals surface area contributed by atoms with Crippen LogP contribution in [0.25, 0.3) is 10.9 Å². The lowest BCUT2D eigenvalue weighted by molar-refractivity contribution is -0.122. The molecule has 17 heavy (non-hydrogen) atoms. The Kier molecular flexibility index (Phi) is 3.53. The number of hydrogen-bond donors (Lipinski definition) is 0. The van der Waals surface area contributed by atoms with E-state index >= 15 is 0 Å². The minimum absolute atomic E-state index is 0.106. The molecule has 0 saturated carbocycles. The zero-order valence-electron chi connectivity index (χ0n) is 10.1. The van der Waals surface area contributed by atoms with Gasteiger partial charge in [0.2, 0.25) is 0 Å². The van der Waals surface area contributed by atoms with Crippen molar-refractivity contribution in [3.8, 4) is 0 Å². The molecule has 0 amide bonds. The van der Waals surface area contributed by atoms with Crippen molar-refractivity contribution < 1.29 is 4.79 Å². The Hall–Kier alpha value is -1.28. The minimum Gasteiger partial charge on any atom is -0.339 e. The number of rotatable bonds is 4. The van der Waals surface area contributed by atoms with Crippen molar-refractivity contribution in [2.45, 2.75) is 26.8 Å². The average Bonchev–Trinajstić information content (AvgIpc) is 2.72. The van der Waals surface area contributed by atoms with Crippen LogP contribution in [0.5, 0.6) is 0 Å². The van der Waals surface area contributed by atoms with Gasteiger partial charge in [-0.25, -0.2) is 0 Å². The number of fused-ring (bicyclic) bond motifs is 1. The number of carbonyl (C=O) groups is 1. The van der Waals surface area contributed by atoms with E-state index in [0.717, 1.165) is 17.3 Å². The molecule has 0 fully saturated rings. The smallest absolute Gasteiger partial charge is 0.155 e. The number of carbonyl (C=O) groups excluding carboxylic acids is 1. The molecule has 3 heteroatoms. The van der Waals surface area contributed by atoms with Crippen LogP contribution in [0.2, 0.25) is 5.02 Å². The lowest BCUT2D eigenvalue weighted by atomic mass is 10.0. The maximum atomic E-state index is 11.9. The normalized spacial score (nSPS) is 12.9. The highest BCUT2D eigenvalue weighted by molar-refractivity contribution is 6.35. The van der Waals surface area contributed by atoms with Crippen molar-refractivity contribution in [1.82, 2.24) is 4.57 Å². The molecule has 2 rings (SSSR count). The first-order valence-electron chi connectivity index (χ1n) is 5.89. The Morgan fingerprint density at radius 1 is 1.41 bits per heavy atom. The highest BCUT2D eigenvalue weighted by Gasteiger charge is 2.13. The largest absolute Gasteiger partial charge is 0.339 e. The summed E-state index contributed by atoms with van der Waals surface area (Å²) in [6, 6.07) is 7.77. The van der Waals surface area contributed by atoms with Gasteiger partial charge in [0.1, 0.15) is 0 Å². The Labute approximate surface area is 106 Å². The third kappa shape index (κ3) is 2.37. The third-order valence-corrected chi connectivity index (χ3v) is 3.53. The molecule has 90 valence electrons. The molecule has 0 radical (unpaired) electrons. The standard InChI is InChI=1S/C14H16ClNO/c1-3-10(2)13(17)9-16-8-7-11-5-4-6-12(15)14(11)16/h4-8,10H,3,9H2,1-2H3. The topological polar surface area (TPSA) is 22.0 Å². The summed E-state index contributed by atoms with van der Waals surface area (Å²) in [7, 11) is 0. The first-order valence-corrected chi connectivity index (χ1v) is 6.27. The highest BCUT2D eigenvalue weighted by atomic mass is 35.5. The Balaban J connectivity index is 2.34. The van der Waals surface area contributed by atoms with Gasteiger partial charge in [-0.1, -0.05) is 37.6 Å². The summed E-state index contributed by atoms with van der Waals surface area (Å²) in [5.41, 5.74) is 0.950. The van der Waals surface area contributed by atoms with Crippen molar-refractivity contribution in [2.24, 2.45) is 5.92 Å². The number of ketones is 1. The number of hydrogen-bond acceptors (Lipinski definition) is 1. The van der Waals surface area contributed by atoms with Crippen LogP contribution in [0.15, 0.2) is 30.5 Å². The van der Waals surface area contributed by atoms with Gasteiger partial charge in [0.05, 0.1) is 17.1 Å². The summed E-state index contributed by atoms with van der Waals surface area (Å²) in [5, 5.41) is 1.78. The zero-order chi connectivity index (χ0) is 12.4. The molecule has 1 heterocycles. The minimum atomic E-state index is 0.106.